The minimum Gasteiger partial charge on any atom is -0.327 e. The van der Waals surface area contributed by atoms with Gasteiger partial charge >= 0.3 is 0 Å². The largest absolute Gasteiger partial charge is 0.327 e. The molecule has 2 unspecified atom stereocenters. The first kappa shape index (κ1) is 13.1. The van der Waals surface area contributed by atoms with E-state index in [1.165, 1.54) is 31.9 Å². The van der Waals surface area contributed by atoms with Gasteiger partial charge in [-0.05, 0) is 48.8 Å². The Kier molecular flexibility index (Phi) is 3.85. The standard InChI is InChI=1S/C16H23FN2/c17-15-6-2-5-13(7-15)14-8-16(18)11-19(10-14)9-12-3-1-4-12/h2,5-7,12,14,16H,1,3-4,8-11,18H2. The zero-order valence-electron chi connectivity index (χ0n) is 11.4. The minimum absolute atomic E-state index is 0.137. The second-order valence-electron chi connectivity index (χ2n) is 6.26. The van der Waals surface area contributed by atoms with E-state index in [2.05, 4.69) is 4.90 Å². The summed E-state index contributed by atoms with van der Waals surface area (Å²) in [5.41, 5.74) is 7.30. The van der Waals surface area contributed by atoms with Crippen molar-refractivity contribution in [1.29, 1.82) is 0 Å². The number of halogens is 1. The highest BCUT2D eigenvalue weighted by Crippen LogP contribution is 2.31. The number of likely N-dealkylation sites (tertiary alicyclic amines) is 1. The summed E-state index contributed by atoms with van der Waals surface area (Å²) in [5.74, 6) is 1.13. The van der Waals surface area contributed by atoms with Crippen LogP contribution in [0, 0.1) is 11.7 Å². The molecule has 2 atom stereocenters. The average Bonchev–Trinajstić information content (AvgIpc) is 2.33. The summed E-state index contributed by atoms with van der Waals surface area (Å²) >= 11 is 0. The number of hydrogen-bond donors (Lipinski definition) is 1. The van der Waals surface area contributed by atoms with Crippen molar-refractivity contribution in [3.8, 4) is 0 Å². The normalized spacial score (nSPS) is 29.2. The molecule has 2 fully saturated rings. The number of nitrogens with two attached hydrogens (primary N) is 1. The summed E-state index contributed by atoms with van der Waals surface area (Å²) in [7, 11) is 0. The summed E-state index contributed by atoms with van der Waals surface area (Å²) in [6.07, 6.45) is 5.11. The summed E-state index contributed by atoms with van der Waals surface area (Å²) in [5, 5.41) is 0. The molecule has 3 rings (SSSR count). The van der Waals surface area contributed by atoms with Crippen LogP contribution in [-0.4, -0.2) is 30.6 Å². The first-order valence-corrected chi connectivity index (χ1v) is 7.44. The van der Waals surface area contributed by atoms with Crippen molar-refractivity contribution < 1.29 is 4.39 Å². The molecule has 3 heteroatoms. The first-order chi connectivity index (χ1) is 9.20. The first-order valence-electron chi connectivity index (χ1n) is 7.44. The fraction of sp³-hybridized carbons (Fsp3) is 0.625. The van der Waals surface area contributed by atoms with Gasteiger partial charge in [-0.1, -0.05) is 18.6 Å². The molecule has 0 aromatic heterocycles. The molecular formula is C16H23FN2. The van der Waals surface area contributed by atoms with Gasteiger partial charge in [-0.25, -0.2) is 4.39 Å². The van der Waals surface area contributed by atoms with Crippen molar-refractivity contribution in [3.63, 3.8) is 0 Å². The molecule has 0 amide bonds. The third-order valence-electron chi connectivity index (χ3n) is 4.62. The van der Waals surface area contributed by atoms with E-state index in [0.717, 1.165) is 31.0 Å². The van der Waals surface area contributed by atoms with Crippen molar-refractivity contribution >= 4 is 0 Å². The molecule has 0 radical (unpaired) electrons. The van der Waals surface area contributed by atoms with Crippen LogP contribution in [0.15, 0.2) is 24.3 Å². The van der Waals surface area contributed by atoms with Crippen LogP contribution in [-0.2, 0) is 0 Å². The van der Waals surface area contributed by atoms with Gasteiger partial charge in [0.2, 0.25) is 0 Å². The maximum absolute atomic E-state index is 13.3. The summed E-state index contributed by atoms with van der Waals surface area (Å²) in [6, 6.07) is 7.25. The maximum Gasteiger partial charge on any atom is 0.123 e. The van der Waals surface area contributed by atoms with Gasteiger partial charge in [0.15, 0.2) is 0 Å². The van der Waals surface area contributed by atoms with Gasteiger partial charge in [-0.2, -0.15) is 0 Å². The Hall–Kier alpha value is -0.930. The molecule has 1 aliphatic heterocycles. The topological polar surface area (TPSA) is 29.3 Å². The van der Waals surface area contributed by atoms with E-state index in [0.29, 0.717) is 5.92 Å². The van der Waals surface area contributed by atoms with E-state index < -0.39 is 0 Å². The zero-order valence-corrected chi connectivity index (χ0v) is 11.4. The van der Waals surface area contributed by atoms with Crippen molar-refractivity contribution in [3.05, 3.63) is 35.6 Å². The lowest BCUT2D eigenvalue weighted by molar-refractivity contribution is 0.133. The molecule has 1 heterocycles. The van der Waals surface area contributed by atoms with E-state index in [1.807, 2.05) is 6.07 Å². The van der Waals surface area contributed by atoms with Crippen LogP contribution in [0.3, 0.4) is 0 Å². The Labute approximate surface area is 114 Å². The summed E-state index contributed by atoms with van der Waals surface area (Å²) in [6.45, 7) is 3.22. The fourth-order valence-corrected chi connectivity index (χ4v) is 3.42. The Morgan fingerprint density at radius 3 is 2.79 bits per heavy atom. The number of hydrogen-bond acceptors (Lipinski definition) is 2. The molecule has 0 bridgehead atoms. The Morgan fingerprint density at radius 2 is 2.11 bits per heavy atom. The smallest absolute Gasteiger partial charge is 0.123 e. The van der Waals surface area contributed by atoms with Crippen LogP contribution in [0.25, 0.3) is 0 Å². The van der Waals surface area contributed by atoms with E-state index in [-0.39, 0.29) is 11.9 Å². The van der Waals surface area contributed by atoms with E-state index >= 15 is 0 Å². The molecular weight excluding hydrogens is 239 g/mol. The Balaban J connectivity index is 1.67. The molecule has 2 nitrogen and oxygen atoms in total. The molecule has 0 spiro atoms. The Morgan fingerprint density at radius 1 is 1.26 bits per heavy atom. The lowest BCUT2D eigenvalue weighted by Gasteiger charge is -2.40. The SMILES string of the molecule is NC1CC(c2cccc(F)c2)CN(CC2CCC2)C1. The highest BCUT2D eigenvalue weighted by Gasteiger charge is 2.29. The molecule has 19 heavy (non-hydrogen) atoms. The van der Waals surface area contributed by atoms with Gasteiger partial charge in [0.25, 0.3) is 0 Å². The van der Waals surface area contributed by atoms with Gasteiger partial charge in [-0.3, -0.25) is 0 Å². The lowest BCUT2D eigenvalue weighted by Crippen LogP contribution is -2.48. The lowest BCUT2D eigenvalue weighted by atomic mass is 9.83. The molecule has 104 valence electrons. The van der Waals surface area contributed by atoms with E-state index in [4.69, 9.17) is 5.73 Å². The molecule has 2 N–H and O–H groups in total. The van der Waals surface area contributed by atoms with Crippen molar-refractivity contribution in [2.75, 3.05) is 19.6 Å². The van der Waals surface area contributed by atoms with Crippen LogP contribution < -0.4 is 5.73 Å². The van der Waals surface area contributed by atoms with Crippen molar-refractivity contribution in [2.24, 2.45) is 11.7 Å². The van der Waals surface area contributed by atoms with Crippen LogP contribution in [0.5, 0.6) is 0 Å². The van der Waals surface area contributed by atoms with Crippen molar-refractivity contribution in [1.82, 2.24) is 4.90 Å². The summed E-state index contributed by atoms with van der Waals surface area (Å²) < 4.78 is 13.3. The predicted octanol–water partition coefficient (Wildman–Crippen LogP) is 2.74. The number of piperidine rings is 1. The number of nitrogens with zero attached hydrogens (tertiary/aromatic N) is 1. The second-order valence-corrected chi connectivity index (χ2v) is 6.26. The zero-order chi connectivity index (χ0) is 13.2. The fourth-order valence-electron chi connectivity index (χ4n) is 3.42. The van der Waals surface area contributed by atoms with Crippen molar-refractivity contribution in [2.45, 2.75) is 37.6 Å². The molecule has 1 aromatic carbocycles. The van der Waals surface area contributed by atoms with Gasteiger partial charge in [0.05, 0.1) is 0 Å². The predicted molar refractivity (Wildman–Crippen MR) is 75.5 cm³/mol. The minimum atomic E-state index is -0.137. The summed E-state index contributed by atoms with van der Waals surface area (Å²) in [4.78, 5) is 2.49. The average molecular weight is 262 g/mol. The van der Waals surface area contributed by atoms with E-state index in [9.17, 15) is 4.39 Å². The van der Waals surface area contributed by atoms with E-state index in [1.54, 1.807) is 12.1 Å². The molecule has 2 aliphatic rings. The van der Waals surface area contributed by atoms with Crippen LogP contribution in [0.1, 0.15) is 37.2 Å². The maximum atomic E-state index is 13.3. The van der Waals surface area contributed by atoms with Crippen LogP contribution >= 0.6 is 0 Å². The second kappa shape index (κ2) is 5.59. The molecule has 1 aliphatic carbocycles. The quantitative estimate of drug-likeness (QED) is 0.907. The molecule has 1 aromatic rings. The third-order valence-corrected chi connectivity index (χ3v) is 4.62. The number of rotatable bonds is 3. The van der Waals surface area contributed by atoms with Gasteiger partial charge in [0.1, 0.15) is 5.82 Å². The van der Waals surface area contributed by atoms with Gasteiger partial charge in [-0.15, -0.1) is 0 Å². The monoisotopic (exact) mass is 262 g/mol. The van der Waals surface area contributed by atoms with Gasteiger partial charge < -0.3 is 10.6 Å². The Bertz CT molecular complexity index is 431. The highest BCUT2D eigenvalue weighted by atomic mass is 19.1. The van der Waals surface area contributed by atoms with Gasteiger partial charge in [0, 0.05) is 25.7 Å². The molecule has 1 saturated carbocycles. The molecule has 1 saturated heterocycles. The van der Waals surface area contributed by atoms with Crippen LogP contribution in [0.2, 0.25) is 0 Å². The highest BCUT2D eigenvalue weighted by molar-refractivity contribution is 5.22. The van der Waals surface area contributed by atoms with Crippen LogP contribution in [0.4, 0.5) is 4.39 Å². The third kappa shape index (κ3) is 3.15. The number of benzene rings is 1.